The molecule has 0 rings (SSSR count). The Labute approximate surface area is 87.6 Å². The van der Waals surface area contributed by atoms with Crippen molar-refractivity contribution in [1.82, 2.24) is 0 Å². The molecule has 4 N–H and O–H groups in total. The van der Waals surface area contributed by atoms with E-state index in [4.69, 9.17) is 15.9 Å². The molecule has 0 aromatic heterocycles. The smallest absolute Gasteiger partial charge is 0.326 e. The molecule has 0 amide bonds. The summed E-state index contributed by atoms with van der Waals surface area (Å²) < 4.78 is 4.51. The third-order valence-corrected chi connectivity index (χ3v) is 3.00. The average molecular weight is 223 g/mol. The number of aliphatic hydroxyl groups excluding tert-OH is 2. The normalized spacial score (nSPS) is 17.2. The Morgan fingerprint density at radius 3 is 2.71 bits per heavy atom. The van der Waals surface area contributed by atoms with Gasteiger partial charge in [0.15, 0.2) is 0 Å². The molecule has 84 valence electrons. The maximum Gasteiger partial charge on any atom is 0.326 e. The summed E-state index contributed by atoms with van der Waals surface area (Å²) >= 11 is 1.30. The van der Waals surface area contributed by atoms with Gasteiger partial charge in [0.05, 0.1) is 19.8 Å². The lowest BCUT2D eigenvalue weighted by molar-refractivity contribution is -0.145. The molecule has 5 nitrogen and oxygen atoms in total. The molecule has 2 unspecified atom stereocenters. The summed E-state index contributed by atoms with van der Waals surface area (Å²) in [4.78, 5) is 11.1. The molecule has 0 aromatic rings. The highest BCUT2D eigenvalue weighted by atomic mass is 32.2. The predicted octanol–water partition coefficient (Wildman–Crippen LogP) is -1.04. The SMILES string of the molecule is COC(=O)C(C)(N)CSCC(O)CO. The van der Waals surface area contributed by atoms with Gasteiger partial charge in [-0.3, -0.25) is 4.79 Å². The molecule has 0 radical (unpaired) electrons. The van der Waals surface area contributed by atoms with E-state index < -0.39 is 17.6 Å². The Balaban J connectivity index is 3.82. The largest absolute Gasteiger partial charge is 0.468 e. The molecule has 0 aliphatic carbocycles. The van der Waals surface area contributed by atoms with Gasteiger partial charge < -0.3 is 20.7 Å². The summed E-state index contributed by atoms with van der Waals surface area (Å²) in [5.41, 5.74) is 4.61. The van der Waals surface area contributed by atoms with Gasteiger partial charge in [-0.05, 0) is 6.92 Å². The number of nitrogens with two attached hydrogens (primary N) is 1. The molecular weight excluding hydrogens is 206 g/mol. The monoisotopic (exact) mass is 223 g/mol. The van der Waals surface area contributed by atoms with E-state index in [9.17, 15) is 4.79 Å². The number of thioether (sulfide) groups is 1. The highest BCUT2D eigenvalue weighted by Gasteiger charge is 2.29. The number of hydrogen-bond acceptors (Lipinski definition) is 6. The molecule has 0 heterocycles. The van der Waals surface area contributed by atoms with Gasteiger partial charge in [0, 0.05) is 11.5 Å². The van der Waals surface area contributed by atoms with E-state index >= 15 is 0 Å². The molecular formula is C8H17NO4S. The zero-order chi connectivity index (χ0) is 11.2. The second-order valence-electron chi connectivity index (χ2n) is 3.26. The molecule has 0 aliphatic heterocycles. The zero-order valence-corrected chi connectivity index (χ0v) is 9.21. The molecule has 0 saturated heterocycles. The van der Waals surface area contributed by atoms with Crippen molar-refractivity contribution in [2.24, 2.45) is 5.73 Å². The van der Waals surface area contributed by atoms with Crippen LogP contribution in [0.5, 0.6) is 0 Å². The van der Waals surface area contributed by atoms with Gasteiger partial charge in [-0.2, -0.15) is 11.8 Å². The first-order chi connectivity index (χ1) is 6.44. The van der Waals surface area contributed by atoms with Crippen LogP contribution in [0, 0.1) is 0 Å². The molecule has 0 spiro atoms. The first-order valence-corrected chi connectivity index (χ1v) is 5.33. The average Bonchev–Trinajstić information content (AvgIpc) is 2.15. The van der Waals surface area contributed by atoms with Crippen molar-refractivity contribution in [3.05, 3.63) is 0 Å². The summed E-state index contributed by atoms with van der Waals surface area (Å²) in [6.45, 7) is 1.28. The number of carbonyl (C=O) groups is 1. The lowest BCUT2D eigenvalue weighted by Gasteiger charge is -2.21. The first kappa shape index (κ1) is 13.7. The maximum atomic E-state index is 11.1. The van der Waals surface area contributed by atoms with Gasteiger partial charge in [0.1, 0.15) is 5.54 Å². The van der Waals surface area contributed by atoms with Crippen molar-refractivity contribution in [2.45, 2.75) is 18.6 Å². The summed E-state index contributed by atoms with van der Waals surface area (Å²) in [7, 11) is 1.28. The van der Waals surface area contributed by atoms with E-state index in [1.165, 1.54) is 18.9 Å². The number of rotatable bonds is 6. The fourth-order valence-electron chi connectivity index (χ4n) is 0.752. The molecule has 2 atom stereocenters. The Kier molecular flexibility index (Phi) is 6.10. The Hall–Kier alpha value is -0.300. The van der Waals surface area contributed by atoms with E-state index in [2.05, 4.69) is 4.74 Å². The Morgan fingerprint density at radius 2 is 2.29 bits per heavy atom. The summed E-state index contributed by atoms with van der Waals surface area (Å²) in [6.07, 6.45) is -0.770. The fourth-order valence-corrected chi connectivity index (χ4v) is 1.79. The summed E-state index contributed by atoms with van der Waals surface area (Å²) in [6, 6.07) is 0. The van der Waals surface area contributed by atoms with E-state index in [1.807, 2.05) is 0 Å². The van der Waals surface area contributed by atoms with Gasteiger partial charge in [-0.1, -0.05) is 0 Å². The van der Waals surface area contributed by atoms with Crippen molar-refractivity contribution in [1.29, 1.82) is 0 Å². The maximum absolute atomic E-state index is 11.1. The second kappa shape index (κ2) is 6.23. The van der Waals surface area contributed by atoms with Crippen LogP contribution in [0.4, 0.5) is 0 Å². The van der Waals surface area contributed by atoms with Crippen LogP contribution >= 0.6 is 11.8 Å². The molecule has 0 aromatic carbocycles. The highest BCUT2D eigenvalue weighted by molar-refractivity contribution is 7.99. The number of aliphatic hydroxyl groups is 2. The van der Waals surface area contributed by atoms with Crippen LogP contribution in [0.25, 0.3) is 0 Å². The van der Waals surface area contributed by atoms with E-state index in [-0.39, 0.29) is 6.61 Å². The van der Waals surface area contributed by atoms with Crippen LogP contribution in [-0.2, 0) is 9.53 Å². The van der Waals surface area contributed by atoms with Crippen molar-refractivity contribution in [3.8, 4) is 0 Å². The van der Waals surface area contributed by atoms with E-state index in [0.29, 0.717) is 11.5 Å². The zero-order valence-electron chi connectivity index (χ0n) is 8.40. The van der Waals surface area contributed by atoms with Crippen LogP contribution in [0.15, 0.2) is 0 Å². The third-order valence-electron chi connectivity index (χ3n) is 1.57. The quantitative estimate of drug-likeness (QED) is 0.498. The van der Waals surface area contributed by atoms with E-state index in [0.717, 1.165) is 0 Å². The lowest BCUT2D eigenvalue weighted by Crippen LogP contribution is -2.48. The Bertz CT molecular complexity index is 186. The minimum Gasteiger partial charge on any atom is -0.468 e. The predicted molar refractivity (Wildman–Crippen MR) is 55.0 cm³/mol. The highest BCUT2D eigenvalue weighted by Crippen LogP contribution is 2.13. The molecule has 6 heteroatoms. The van der Waals surface area contributed by atoms with Gasteiger partial charge in [-0.15, -0.1) is 0 Å². The first-order valence-electron chi connectivity index (χ1n) is 4.18. The number of esters is 1. The summed E-state index contributed by atoms with van der Waals surface area (Å²) in [5, 5.41) is 17.6. The van der Waals surface area contributed by atoms with Crippen molar-refractivity contribution >= 4 is 17.7 Å². The number of carbonyl (C=O) groups excluding carboxylic acids is 1. The van der Waals surface area contributed by atoms with Crippen molar-refractivity contribution in [2.75, 3.05) is 25.2 Å². The van der Waals surface area contributed by atoms with Crippen molar-refractivity contribution < 1.29 is 19.7 Å². The fraction of sp³-hybridized carbons (Fsp3) is 0.875. The van der Waals surface area contributed by atoms with E-state index in [1.54, 1.807) is 6.92 Å². The van der Waals surface area contributed by atoms with Gasteiger partial charge in [-0.25, -0.2) is 0 Å². The van der Waals surface area contributed by atoms with Crippen LogP contribution in [0.2, 0.25) is 0 Å². The molecule has 0 saturated carbocycles. The van der Waals surface area contributed by atoms with Crippen LogP contribution in [0.1, 0.15) is 6.92 Å². The Morgan fingerprint density at radius 1 is 1.71 bits per heavy atom. The van der Waals surface area contributed by atoms with Gasteiger partial charge in [0.2, 0.25) is 0 Å². The minimum atomic E-state index is -1.05. The number of ether oxygens (including phenoxy) is 1. The molecule has 0 aliphatic rings. The van der Waals surface area contributed by atoms with Crippen LogP contribution < -0.4 is 5.73 Å². The minimum absolute atomic E-state index is 0.285. The van der Waals surface area contributed by atoms with Crippen LogP contribution in [-0.4, -0.2) is 53.0 Å². The second-order valence-corrected chi connectivity index (χ2v) is 4.29. The molecule has 0 bridgehead atoms. The third kappa shape index (κ3) is 4.80. The molecule has 0 fully saturated rings. The number of methoxy groups -OCH3 is 1. The molecule has 14 heavy (non-hydrogen) atoms. The van der Waals surface area contributed by atoms with Gasteiger partial charge in [0.25, 0.3) is 0 Å². The topological polar surface area (TPSA) is 92.8 Å². The standard InChI is InChI=1S/C8H17NO4S/c1-8(9,7(12)13-2)5-14-4-6(11)3-10/h6,10-11H,3-5,9H2,1-2H3. The summed E-state index contributed by atoms with van der Waals surface area (Å²) in [5.74, 6) is 0.209. The van der Waals surface area contributed by atoms with Crippen molar-refractivity contribution in [3.63, 3.8) is 0 Å². The lowest BCUT2D eigenvalue weighted by atomic mass is 10.1. The number of hydrogen-bond donors (Lipinski definition) is 3. The van der Waals surface area contributed by atoms with Gasteiger partial charge >= 0.3 is 5.97 Å². The van der Waals surface area contributed by atoms with Crippen LogP contribution in [0.3, 0.4) is 0 Å².